The molecule has 0 saturated carbocycles. The molecule has 4 atom stereocenters. The third kappa shape index (κ3) is 4.43. The third-order valence-corrected chi connectivity index (χ3v) is 3.98. The first-order valence-corrected chi connectivity index (χ1v) is 8.04. The van der Waals surface area contributed by atoms with Crippen molar-refractivity contribution < 1.29 is 29.2 Å². The highest BCUT2D eigenvalue weighted by atomic mass is 16.7. The molecule has 1 fully saturated rings. The lowest BCUT2D eigenvalue weighted by Crippen LogP contribution is -2.37. The Bertz CT molecular complexity index is 675. The first-order chi connectivity index (χ1) is 12.1. The van der Waals surface area contributed by atoms with Gasteiger partial charge in [-0.15, -0.1) is 0 Å². The van der Waals surface area contributed by atoms with Gasteiger partial charge in [-0.25, -0.2) is 4.79 Å². The molecule has 0 radical (unpaired) electrons. The summed E-state index contributed by atoms with van der Waals surface area (Å²) in [7, 11) is 0. The number of esters is 1. The van der Waals surface area contributed by atoms with Crippen LogP contribution in [0.25, 0.3) is 0 Å². The molecule has 0 bridgehead atoms. The lowest BCUT2D eigenvalue weighted by atomic mass is 10.1. The van der Waals surface area contributed by atoms with Crippen LogP contribution >= 0.6 is 0 Å². The predicted molar refractivity (Wildman–Crippen MR) is 88.6 cm³/mol. The molecule has 2 N–H and O–H groups in total. The van der Waals surface area contributed by atoms with Crippen LogP contribution in [0.5, 0.6) is 0 Å². The number of aliphatic hydroxyl groups is 2. The zero-order chi connectivity index (χ0) is 17.6. The second-order valence-electron chi connectivity index (χ2n) is 5.78. The van der Waals surface area contributed by atoms with E-state index in [1.54, 1.807) is 30.3 Å². The summed E-state index contributed by atoms with van der Waals surface area (Å²) in [5, 5.41) is 19.8. The maximum Gasteiger partial charge on any atom is 0.338 e. The normalized spacial score (nSPS) is 25.7. The van der Waals surface area contributed by atoms with Crippen molar-refractivity contribution in [2.24, 2.45) is 0 Å². The number of hydrogen-bond donors (Lipinski definition) is 2. The molecular weight excluding hydrogens is 324 g/mol. The average molecular weight is 344 g/mol. The molecule has 0 amide bonds. The summed E-state index contributed by atoms with van der Waals surface area (Å²) in [5.41, 5.74) is 1.35. The van der Waals surface area contributed by atoms with E-state index in [0.29, 0.717) is 5.56 Å². The zero-order valence-corrected chi connectivity index (χ0v) is 13.5. The van der Waals surface area contributed by atoms with Crippen molar-refractivity contribution in [1.29, 1.82) is 0 Å². The fourth-order valence-electron chi connectivity index (χ4n) is 2.64. The summed E-state index contributed by atoms with van der Waals surface area (Å²) >= 11 is 0. The standard InChI is InChI=1S/C19H20O6/c20-16-17(23-11-13-7-3-1-4-8-13)15(25-19(16)22)12-24-18(21)14-9-5-2-6-10-14/h1-10,15-17,19-20,22H,11-12H2/t15-,16-,17+,19?/m1/s1. The number of hydrogen-bond acceptors (Lipinski definition) is 6. The van der Waals surface area contributed by atoms with E-state index in [2.05, 4.69) is 0 Å². The van der Waals surface area contributed by atoms with Crippen molar-refractivity contribution in [3.8, 4) is 0 Å². The fraction of sp³-hybridized carbons (Fsp3) is 0.316. The maximum atomic E-state index is 12.0. The molecule has 0 aromatic heterocycles. The molecule has 1 heterocycles. The van der Waals surface area contributed by atoms with Crippen LogP contribution in [0.2, 0.25) is 0 Å². The van der Waals surface area contributed by atoms with Crippen molar-refractivity contribution in [3.63, 3.8) is 0 Å². The van der Waals surface area contributed by atoms with Crippen LogP contribution in [-0.2, 0) is 20.8 Å². The van der Waals surface area contributed by atoms with Gasteiger partial charge in [-0.3, -0.25) is 0 Å². The van der Waals surface area contributed by atoms with Crippen LogP contribution < -0.4 is 0 Å². The average Bonchev–Trinajstić information content (AvgIpc) is 2.93. The Morgan fingerprint density at radius 1 is 1.00 bits per heavy atom. The van der Waals surface area contributed by atoms with Crippen molar-refractivity contribution in [2.45, 2.75) is 31.2 Å². The van der Waals surface area contributed by atoms with Gasteiger partial charge in [0.1, 0.15) is 24.9 Å². The largest absolute Gasteiger partial charge is 0.459 e. The minimum absolute atomic E-state index is 0.124. The van der Waals surface area contributed by atoms with E-state index in [-0.39, 0.29) is 13.2 Å². The highest BCUT2D eigenvalue weighted by Crippen LogP contribution is 2.24. The van der Waals surface area contributed by atoms with E-state index in [9.17, 15) is 15.0 Å². The van der Waals surface area contributed by atoms with Gasteiger partial charge < -0.3 is 24.4 Å². The van der Waals surface area contributed by atoms with Gasteiger partial charge in [0.25, 0.3) is 0 Å². The summed E-state index contributed by atoms with van der Waals surface area (Å²) in [4.78, 5) is 12.0. The number of rotatable bonds is 6. The summed E-state index contributed by atoms with van der Waals surface area (Å²) in [6.45, 7) is 0.128. The lowest BCUT2D eigenvalue weighted by Gasteiger charge is -2.20. The summed E-state index contributed by atoms with van der Waals surface area (Å²) in [6.07, 6.45) is -4.12. The molecule has 2 aromatic carbocycles. The predicted octanol–water partition coefficient (Wildman–Crippen LogP) is 1.51. The Hall–Kier alpha value is -2.25. The number of benzene rings is 2. The van der Waals surface area contributed by atoms with Gasteiger partial charge in [0.15, 0.2) is 6.29 Å². The number of aliphatic hydroxyl groups excluding tert-OH is 2. The topological polar surface area (TPSA) is 85.2 Å². The van der Waals surface area contributed by atoms with Crippen molar-refractivity contribution >= 4 is 5.97 Å². The van der Waals surface area contributed by atoms with Crippen LogP contribution in [0, 0.1) is 0 Å². The monoisotopic (exact) mass is 344 g/mol. The number of ether oxygens (including phenoxy) is 3. The molecule has 25 heavy (non-hydrogen) atoms. The quantitative estimate of drug-likeness (QED) is 0.773. The lowest BCUT2D eigenvalue weighted by molar-refractivity contribution is -0.133. The van der Waals surface area contributed by atoms with E-state index in [4.69, 9.17) is 14.2 Å². The Labute approximate surface area is 145 Å². The number of carbonyl (C=O) groups is 1. The van der Waals surface area contributed by atoms with Crippen molar-refractivity contribution in [2.75, 3.05) is 6.61 Å². The Morgan fingerprint density at radius 2 is 1.64 bits per heavy atom. The van der Waals surface area contributed by atoms with Gasteiger partial charge >= 0.3 is 5.97 Å². The molecule has 6 nitrogen and oxygen atoms in total. The molecule has 132 valence electrons. The molecule has 3 rings (SSSR count). The summed E-state index contributed by atoms with van der Waals surface area (Å²) in [6, 6.07) is 18.0. The smallest absolute Gasteiger partial charge is 0.338 e. The van der Waals surface area contributed by atoms with Gasteiger partial charge in [0.05, 0.1) is 12.2 Å². The minimum atomic E-state index is -1.37. The Balaban J connectivity index is 1.57. The van der Waals surface area contributed by atoms with E-state index in [0.717, 1.165) is 5.56 Å². The van der Waals surface area contributed by atoms with E-state index in [1.165, 1.54) is 0 Å². The molecule has 1 unspecified atom stereocenters. The SMILES string of the molecule is O=C(OC[C@H]1OC(O)[C@H](O)[C@H]1OCc1ccccc1)c1ccccc1. The maximum absolute atomic E-state index is 12.0. The molecule has 0 spiro atoms. The minimum Gasteiger partial charge on any atom is -0.459 e. The van der Waals surface area contributed by atoms with E-state index >= 15 is 0 Å². The third-order valence-electron chi connectivity index (χ3n) is 3.98. The van der Waals surface area contributed by atoms with Crippen LogP contribution in [0.3, 0.4) is 0 Å². The highest BCUT2D eigenvalue weighted by Gasteiger charge is 2.44. The number of carbonyl (C=O) groups excluding carboxylic acids is 1. The van der Waals surface area contributed by atoms with E-state index < -0.39 is 30.6 Å². The Kier molecular flexibility index (Phi) is 5.78. The van der Waals surface area contributed by atoms with Gasteiger partial charge in [-0.05, 0) is 17.7 Å². The summed E-state index contributed by atoms with van der Waals surface area (Å²) < 4.78 is 16.2. The molecule has 1 aliphatic heterocycles. The van der Waals surface area contributed by atoms with Crippen LogP contribution in [0.4, 0.5) is 0 Å². The van der Waals surface area contributed by atoms with Crippen molar-refractivity contribution in [1.82, 2.24) is 0 Å². The highest BCUT2D eigenvalue weighted by molar-refractivity contribution is 5.89. The van der Waals surface area contributed by atoms with Crippen molar-refractivity contribution in [3.05, 3.63) is 71.8 Å². The molecule has 1 aliphatic rings. The van der Waals surface area contributed by atoms with Gasteiger partial charge in [0, 0.05) is 0 Å². The first kappa shape index (κ1) is 17.6. The molecular formula is C19H20O6. The zero-order valence-electron chi connectivity index (χ0n) is 13.5. The molecule has 2 aromatic rings. The molecule has 0 aliphatic carbocycles. The first-order valence-electron chi connectivity index (χ1n) is 8.04. The molecule has 6 heteroatoms. The van der Waals surface area contributed by atoms with Gasteiger partial charge in [0.2, 0.25) is 0 Å². The van der Waals surface area contributed by atoms with Crippen LogP contribution in [0.1, 0.15) is 15.9 Å². The molecule has 1 saturated heterocycles. The summed E-state index contributed by atoms with van der Waals surface area (Å²) in [5.74, 6) is -0.498. The Morgan fingerprint density at radius 3 is 2.32 bits per heavy atom. The van der Waals surface area contributed by atoms with Crippen LogP contribution in [-0.4, -0.2) is 47.4 Å². The second-order valence-corrected chi connectivity index (χ2v) is 5.78. The fourth-order valence-corrected chi connectivity index (χ4v) is 2.64. The van der Waals surface area contributed by atoms with E-state index in [1.807, 2.05) is 30.3 Å². The van der Waals surface area contributed by atoms with Gasteiger partial charge in [-0.1, -0.05) is 48.5 Å². The van der Waals surface area contributed by atoms with Gasteiger partial charge in [-0.2, -0.15) is 0 Å². The second kappa shape index (κ2) is 8.22. The van der Waals surface area contributed by atoms with Crippen LogP contribution in [0.15, 0.2) is 60.7 Å².